The van der Waals surface area contributed by atoms with Crippen LogP contribution in [0.25, 0.3) is 0 Å². The Morgan fingerprint density at radius 3 is 2.79 bits per heavy atom. The molecular formula is C15H22FNO2. The van der Waals surface area contributed by atoms with Gasteiger partial charge in [-0.15, -0.1) is 0 Å². The number of hydrogen-bond acceptors (Lipinski definition) is 3. The van der Waals surface area contributed by atoms with Crippen molar-refractivity contribution >= 4 is 0 Å². The number of aromatic nitrogens is 1. The van der Waals surface area contributed by atoms with Crippen LogP contribution in [0.1, 0.15) is 50.7 Å². The Morgan fingerprint density at radius 2 is 2.16 bits per heavy atom. The molecular weight excluding hydrogens is 245 g/mol. The van der Waals surface area contributed by atoms with Crippen molar-refractivity contribution in [1.29, 1.82) is 0 Å². The Morgan fingerprint density at radius 1 is 1.42 bits per heavy atom. The van der Waals surface area contributed by atoms with E-state index in [0.717, 1.165) is 19.0 Å². The van der Waals surface area contributed by atoms with Crippen LogP contribution in [0.15, 0.2) is 18.5 Å². The van der Waals surface area contributed by atoms with E-state index in [2.05, 4.69) is 4.98 Å². The summed E-state index contributed by atoms with van der Waals surface area (Å²) in [6.07, 6.45) is 7.10. The molecule has 1 aromatic rings. The quantitative estimate of drug-likeness (QED) is 0.890. The second-order valence-corrected chi connectivity index (χ2v) is 5.16. The van der Waals surface area contributed by atoms with E-state index in [1.165, 1.54) is 31.5 Å². The number of halogens is 1. The predicted molar refractivity (Wildman–Crippen MR) is 71.1 cm³/mol. The van der Waals surface area contributed by atoms with Gasteiger partial charge in [-0.3, -0.25) is 4.98 Å². The SMILES string of the molecule is CCOC(C1CCCCC1)C(O)c1ccncc1F. The van der Waals surface area contributed by atoms with Crippen molar-refractivity contribution in [2.45, 2.75) is 51.2 Å². The van der Waals surface area contributed by atoms with Crippen LogP contribution in [-0.2, 0) is 4.74 Å². The van der Waals surface area contributed by atoms with E-state index < -0.39 is 11.9 Å². The number of aliphatic hydroxyl groups excluding tert-OH is 1. The van der Waals surface area contributed by atoms with Gasteiger partial charge >= 0.3 is 0 Å². The molecule has 1 aliphatic rings. The molecule has 0 spiro atoms. The molecule has 0 amide bonds. The molecule has 1 aliphatic carbocycles. The number of aliphatic hydroxyl groups is 1. The van der Waals surface area contributed by atoms with Gasteiger partial charge in [-0.25, -0.2) is 4.39 Å². The summed E-state index contributed by atoms with van der Waals surface area (Å²) in [4.78, 5) is 3.72. The van der Waals surface area contributed by atoms with E-state index in [1.54, 1.807) is 0 Å². The fourth-order valence-corrected chi connectivity index (χ4v) is 2.94. The maximum Gasteiger partial charge on any atom is 0.147 e. The minimum atomic E-state index is -0.911. The topological polar surface area (TPSA) is 42.4 Å². The third-order valence-corrected chi connectivity index (χ3v) is 3.91. The third-order valence-electron chi connectivity index (χ3n) is 3.91. The summed E-state index contributed by atoms with van der Waals surface area (Å²) in [5.41, 5.74) is 0.291. The van der Waals surface area contributed by atoms with Crippen molar-refractivity contribution in [2.75, 3.05) is 6.61 Å². The summed E-state index contributed by atoms with van der Waals surface area (Å²) in [6, 6.07) is 1.54. The summed E-state index contributed by atoms with van der Waals surface area (Å²) in [5, 5.41) is 10.5. The summed E-state index contributed by atoms with van der Waals surface area (Å²) in [7, 11) is 0. The fraction of sp³-hybridized carbons (Fsp3) is 0.667. The molecule has 0 bridgehead atoms. The fourth-order valence-electron chi connectivity index (χ4n) is 2.94. The van der Waals surface area contributed by atoms with E-state index in [4.69, 9.17) is 4.74 Å². The predicted octanol–water partition coefficient (Wildman–Crippen LogP) is 3.24. The molecule has 1 fully saturated rings. The van der Waals surface area contributed by atoms with Crippen molar-refractivity contribution in [3.63, 3.8) is 0 Å². The van der Waals surface area contributed by atoms with Gasteiger partial charge in [0, 0.05) is 18.4 Å². The van der Waals surface area contributed by atoms with Crippen molar-refractivity contribution < 1.29 is 14.2 Å². The summed E-state index contributed by atoms with van der Waals surface area (Å²) < 4.78 is 19.4. The van der Waals surface area contributed by atoms with Crippen LogP contribution in [0.5, 0.6) is 0 Å². The molecule has 1 aromatic heterocycles. The van der Waals surface area contributed by atoms with Gasteiger partial charge in [-0.1, -0.05) is 19.3 Å². The third kappa shape index (κ3) is 3.51. The molecule has 1 saturated carbocycles. The van der Waals surface area contributed by atoms with Crippen LogP contribution >= 0.6 is 0 Å². The second kappa shape index (κ2) is 6.96. The van der Waals surface area contributed by atoms with Crippen molar-refractivity contribution in [3.05, 3.63) is 29.8 Å². The summed E-state index contributed by atoms with van der Waals surface area (Å²) >= 11 is 0. The molecule has 0 aliphatic heterocycles. The van der Waals surface area contributed by atoms with Gasteiger partial charge in [-0.05, 0) is 31.7 Å². The van der Waals surface area contributed by atoms with Crippen LogP contribution in [0.2, 0.25) is 0 Å². The number of nitrogens with zero attached hydrogens (tertiary/aromatic N) is 1. The van der Waals surface area contributed by atoms with Gasteiger partial charge < -0.3 is 9.84 Å². The van der Waals surface area contributed by atoms with Gasteiger partial charge in [0.15, 0.2) is 0 Å². The maximum absolute atomic E-state index is 13.7. The van der Waals surface area contributed by atoms with Crippen molar-refractivity contribution in [1.82, 2.24) is 4.98 Å². The van der Waals surface area contributed by atoms with E-state index in [-0.39, 0.29) is 6.10 Å². The lowest BCUT2D eigenvalue weighted by Crippen LogP contribution is -2.32. The van der Waals surface area contributed by atoms with E-state index in [0.29, 0.717) is 18.1 Å². The molecule has 2 unspecified atom stereocenters. The zero-order valence-corrected chi connectivity index (χ0v) is 11.4. The standard InChI is InChI=1S/C15H22FNO2/c1-2-19-15(11-6-4-3-5-7-11)14(18)12-8-9-17-10-13(12)16/h8-11,14-15,18H,2-7H2,1H3. The number of ether oxygens (including phenoxy) is 1. The van der Waals surface area contributed by atoms with Gasteiger partial charge in [0.1, 0.15) is 11.9 Å². The highest BCUT2D eigenvalue weighted by Gasteiger charge is 2.32. The van der Waals surface area contributed by atoms with Crippen molar-refractivity contribution in [3.8, 4) is 0 Å². The first kappa shape index (κ1) is 14.4. The zero-order valence-electron chi connectivity index (χ0n) is 11.4. The lowest BCUT2D eigenvalue weighted by molar-refractivity contribution is -0.0750. The number of hydrogen-bond donors (Lipinski definition) is 1. The Bertz CT molecular complexity index is 393. The van der Waals surface area contributed by atoms with Crippen LogP contribution in [-0.4, -0.2) is 22.8 Å². The molecule has 4 heteroatoms. The Balaban J connectivity index is 2.15. The lowest BCUT2D eigenvalue weighted by Gasteiger charge is -2.33. The first-order chi connectivity index (χ1) is 9.24. The minimum absolute atomic E-state index is 0.291. The van der Waals surface area contributed by atoms with Crippen molar-refractivity contribution in [2.24, 2.45) is 5.92 Å². The molecule has 0 radical (unpaired) electrons. The summed E-state index contributed by atoms with van der Waals surface area (Å²) in [6.45, 7) is 2.44. The molecule has 19 heavy (non-hydrogen) atoms. The molecule has 106 valence electrons. The van der Waals surface area contributed by atoms with Crippen LogP contribution in [0, 0.1) is 11.7 Å². The van der Waals surface area contributed by atoms with E-state index in [9.17, 15) is 9.50 Å². The van der Waals surface area contributed by atoms with Crippen LogP contribution in [0.4, 0.5) is 4.39 Å². The highest BCUT2D eigenvalue weighted by Crippen LogP contribution is 2.34. The largest absolute Gasteiger partial charge is 0.386 e. The average Bonchev–Trinajstić information content (AvgIpc) is 2.45. The number of rotatable bonds is 5. The van der Waals surface area contributed by atoms with Crippen LogP contribution < -0.4 is 0 Å². The minimum Gasteiger partial charge on any atom is -0.386 e. The molecule has 0 aromatic carbocycles. The zero-order chi connectivity index (χ0) is 13.7. The van der Waals surface area contributed by atoms with Gasteiger partial charge in [0.25, 0.3) is 0 Å². The lowest BCUT2D eigenvalue weighted by atomic mass is 9.82. The molecule has 0 saturated heterocycles. The average molecular weight is 267 g/mol. The number of pyridine rings is 1. The van der Waals surface area contributed by atoms with Crippen LogP contribution in [0.3, 0.4) is 0 Å². The molecule has 3 nitrogen and oxygen atoms in total. The smallest absolute Gasteiger partial charge is 0.147 e. The molecule has 1 heterocycles. The Kier molecular flexibility index (Phi) is 5.28. The van der Waals surface area contributed by atoms with Gasteiger partial charge in [-0.2, -0.15) is 0 Å². The summed E-state index contributed by atoms with van der Waals surface area (Å²) in [5.74, 6) is -0.147. The molecule has 2 atom stereocenters. The van der Waals surface area contributed by atoms with E-state index >= 15 is 0 Å². The normalized spacial score (nSPS) is 20.2. The maximum atomic E-state index is 13.7. The molecule has 2 rings (SSSR count). The Labute approximate surface area is 113 Å². The van der Waals surface area contributed by atoms with Gasteiger partial charge in [0.2, 0.25) is 0 Å². The van der Waals surface area contributed by atoms with E-state index in [1.807, 2.05) is 6.92 Å². The highest BCUT2D eigenvalue weighted by atomic mass is 19.1. The van der Waals surface area contributed by atoms with Gasteiger partial charge in [0.05, 0.1) is 12.3 Å². The first-order valence-electron chi connectivity index (χ1n) is 7.13. The first-order valence-corrected chi connectivity index (χ1v) is 7.13. The highest BCUT2D eigenvalue weighted by molar-refractivity contribution is 5.17. The second-order valence-electron chi connectivity index (χ2n) is 5.16. The molecule has 1 N–H and O–H groups in total. The Hall–Kier alpha value is -1.00. The monoisotopic (exact) mass is 267 g/mol.